The van der Waals surface area contributed by atoms with Crippen molar-refractivity contribution < 1.29 is 18.3 Å². The van der Waals surface area contributed by atoms with Gasteiger partial charge >= 0.3 is 0 Å². The van der Waals surface area contributed by atoms with E-state index in [-0.39, 0.29) is 5.82 Å². The van der Waals surface area contributed by atoms with Gasteiger partial charge in [-0.05, 0) is 0 Å². The quantitative estimate of drug-likeness (QED) is 0.712. The molecule has 0 bridgehead atoms. The molecule has 0 spiro atoms. The molecule has 1 aromatic rings. The van der Waals surface area contributed by atoms with Gasteiger partial charge in [0.05, 0.1) is 0 Å². The molecule has 1 unspecified atom stereocenters. The molecule has 0 amide bonds. The third-order valence-corrected chi connectivity index (χ3v) is 1.42. The van der Waals surface area contributed by atoms with Crippen LogP contribution in [0.15, 0.2) is 12.4 Å². The second-order valence-electron chi connectivity index (χ2n) is 2.51. The average molecular weight is 207 g/mol. The van der Waals surface area contributed by atoms with Crippen molar-refractivity contribution in [1.29, 1.82) is 0 Å². The van der Waals surface area contributed by atoms with Gasteiger partial charge in [0.1, 0.15) is 18.2 Å². The third kappa shape index (κ3) is 3.17. The number of halogens is 3. The normalized spacial score (nSPS) is 12.9. The number of aromatic nitrogens is 2. The molecule has 0 aliphatic heterocycles. The first-order valence-electron chi connectivity index (χ1n) is 3.77. The summed E-state index contributed by atoms with van der Waals surface area (Å²) >= 11 is 0. The Hall–Kier alpha value is -1.37. The van der Waals surface area contributed by atoms with E-state index < -0.39 is 25.0 Å². The monoisotopic (exact) mass is 207 g/mol. The molecular formula is C7H8F3N3O. The maximum atomic E-state index is 12.4. The molecule has 14 heavy (non-hydrogen) atoms. The molecule has 0 aliphatic rings. The van der Waals surface area contributed by atoms with Crippen LogP contribution in [0, 0.1) is 5.95 Å². The van der Waals surface area contributed by atoms with E-state index in [1.54, 1.807) is 0 Å². The first-order valence-corrected chi connectivity index (χ1v) is 3.77. The zero-order valence-electron chi connectivity index (χ0n) is 6.99. The zero-order valence-corrected chi connectivity index (χ0v) is 6.99. The number of aliphatic hydroxyl groups excluding tert-OH is 1. The molecular weight excluding hydrogens is 199 g/mol. The Labute approximate surface area is 77.8 Å². The van der Waals surface area contributed by atoms with Crippen LogP contribution in [-0.2, 0) is 0 Å². The summed E-state index contributed by atoms with van der Waals surface area (Å²) in [6, 6.07) is 0.943. The van der Waals surface area contributed by atoms with Gasteiger partial charge in [0.25, 0.3) is 6.43 Å². The van der Waals surface area contributed by atoms with E-state index in [0.29, 0.717) is 0 Å². The standard InChI is InChI=1S/C7H8F3N3O/c8-5-1-6(13-3-12-5)11-2-4(14)7(9)10/h1,3-4,7,14H,2H2,(H,11,12,13). The van der Waals surface area contributed by atoms with Gasteiger partial charge in [-0.25, -0.2) is 18.7 Å². The van der Waals surface area contributed by atoms with Crippen LogP contribution in [-0.4, -0.2) is 34.1 Å². The second kappa shape index (κ2) is 4.75. The largest absolute Gasteiger partial charge is 0.385 e. The molecule has 1 rings (SSSR count). The summed E-state index contributed by atoms with van der Waals surface area (Å²) in [6.07, 6.45) is -3.69. The second-order valence-corrected chi connectivity index (χ2v) is 2.51. The van der Waals surface area contributed by atoms with Crippen molar-refractivity contribution in [2.75, 3.05) is 11.9 Å². The van der Waals surface area contributed by atoms with Gasteiger partial charge in [-0.2, -0.15) is 4.39 Å². The van der Waals surface area contributed by atoms with E-state index in [4.69, 9.17) is 5.11 Å². The van der Waals surface area contributed by atoms with Crippen molar-refractivity contribution in [1.82, 2.24) is 9.97 Å². The van der Waals surface area contributed by atoms with Gasteiger partial charge in [0.15, 0.2) is 0 Å². The Morgan fingerprint density at radius 2 is 2.14 bits per heavy atom. The van der Waals surface area contributed by atoms with E-state index >= 15 is 0 Å². The fourth-order valence-electron chi connectivity index (χ4n) is 0.728. The lowest BCUT2D eigenvalue weighted by Gasteiger charge is -2.10. The van der Waals surface area contributed by atoms with Gasteiger partial charge in [-0.3, -0.25) is 0 Å². The van der Waals surface area contributed by atoms with Crippen LogP contribution in [0.1, 0.15) is 0 Å². The number of hydrogen-bond donors (Lipinski definition) is 2. The highest BCUT2D eigenvalue weighted by atomic mass is 19.3. The van der Waals surface area contributed by atoms with E-state index in [1.807, 2.05) is 0 Å². The van der Waals surface area contributed by atoms with Crippen molar-refractivity contribution in [2.45, 2.75) is 12.5 Å². The van der Waals surface area contributed by atoms with Gasteiger partial charge in [-0.1, -0.05) is 0 Å². The minimum absolute atomic E-state index is 0.0530. The summed E-state index contributed by atoms with van der Waals surface area (Å²) in [4.78, 5) is 6.73. The number of aliphatic hydroxyl groups is 1. The molecule has 2 N–H and O–H groups in total. The third-order valence-electron chi connectivity index (χ3n) is 1.42. The van der Waals surface area contributed by atoms with Crippen LogP contribution in [0.4, 0.5) is 19.0 Å². The zero-order chi connectivity index (χ0) is 10.6. The van der Waals surface area contributed by atoms with Gasteiger partial charge in [0, 0.05) is 12.6 Å². The van der Waals surface area contributed by atoms with Crippen molar-refractivity contribution in [2.24, 2.45) is 0 Å². The lowest BCUT2D eigenvalue weighted by atomic mass is 10.3. The van der Waals surface area contributed by atoms with Gasteiger partial charge < -0.3 is 10.4 Å². The van der Waals surface area contributed by atoms with Crippen molar-refractivity contribution in [3.63, 3.8) is 0 Å². The SMILES string of the molecule is OC(CNc1cc(F)ncn1)C(F)F. The molecule has 78 valence electrons. The Balaban J connectivity index is 2.45. The molecule has 4 nitrogen and oxygen atoms in total. The number of rotatable bonds is 4. The molecule has 7 heteroatoms. The Bertz CT molecular complexity index is 297. The highest BCUT2D eigenvalue weighted by Gasteiger charge is 2.16. The maximum Gasteiger partial charge on any atom is 0.265 e. The number of hydrogen-bond acceptors (Lipinski definition) is 4. The van der Waals surface area contributed by atoms with E-state index in [2.05, 4.69) is 15.3 Å². The topological polar surface area (TPSA) is 58.0 Å². The molecule has 0 aliphatic carbocycles. The molecule has 1 atom stereocenters. The number of nitrogens with one attached hydrogen (secondary N) is 1. The molecule has 0 saturated carbocycles. The number of alkyl halides is 2. The average Bonchev–Trinajstić information content (AvgIpc) is 2.14. The Morgan fingerprint density at radius 1 is 1.43 bits per heavy atom. The molecule has 1 heterocycles. The molecule has 0 aromatic carbocycles. The highest BCUT2D eigenvalue weighted by molar-refractivity contribution is 5.32. The molecule has 1 aromatic heterocycles. The summed E-state index contributed by atoms with van der Waals surface area (Å²) in [5, 5.41) is 11.1. The highest BCUT2D eigenvalue weighted by Crippen LogP contribution is 2.05. The Morgan fingerprint density at radius 3 is 2.71 bits per heavy atom. The summed E-state index contributed by atoms with van der Waals surface area (Å²) in [5.41, 5.74) is 0. The first kappa shape index (κ1) is 10.7. The summed E-state index contributed by atoms with van der Waals surface area (Å²) in [6.45, 7) is -0.395. The summed E-state index contributed by atoms with van der Waals surface area (Å²) < 4.78 is 36.1. The minimum atomic E-state index is -2.84. The molecule has 0 saturated heterocycles. The minimum Gasteiger partial charge on any atom is -0.385 e. The fraction of sp³-hybridized carbons (Fsp3) is 0.429. The van der Waals surface area contributed by atoms with Crippen molar-refractivity contribution in [3.05, 3.63) is 18.3 Å². The first-order chi connectivity index (χ1) is 6.59. The lowest BCUT2D eigenvalue weighted by Crippen LogP contribution is -2.27. The van der Waals surface area contributed by atoms with Crippen molar-refractivity contribution in [3.8, 4) is 0 Å². The predicted molar refractivity (Wildman–Crippen MR) is 42.5 cm³/mol. The predicted octanol–water partition coefficient (Wildman–Crippen LogP) is 0.654. The number of nitrogens with zero attached hydrogens (tertiary/aromatic N) is 2. The van der Waals surface area contributed by atoms with Crippen LogP contribution >= 0.6 is 0 Å². The van der Waals surface area contributed by atoms with Crippen LogP contribution < -0.4 is 5.32 Å². The van der Waals surface area contributed by atoms with Gasteiger partial charge in [-0.15, -0.1) is 0 Å². The smallest absolute Gasteiger partial charge is 0.265 e. The van der Waals surface area contributed by atoms with Crippen LogP contribution in [0.3, 0.4) is 0 Å². The van der Waals surface area contributed by atoms with E-state index in [9.17, 15) is 13.2 Å². The maximum absolute atomic E-state index is 12.4. The summed E-state index contributed by atoms with van der Waals surface area (Å²) in [7, 11) is 0. The van der Waals surface area contributed by atoms with Crippen LogP contribution in [0.2, 0.25) is 0 Å². The van der Waals surface area contributed by atoms with E-state index in [1.165, 1.54) is 0 Å². The van der Waals surface area contributed by atoms with E-state index in [0.717, 1.165) is 12.4 Å². The van der Waals surface area contributed by atoms with Gasteiger partial charge in [0.2, 0.25) is 5.95 Å². The van der Waals surface area contributed by atoms with Crippen LogP contribution in [0.5, 0.6) is 0 Å². The number of anilines is 1. The summed E-state index contributed by atoms with van der Waals surface area (Å²) in [5.74, 6) is -0.716. The van der Waals surface area contributed by atoms with Crippen LogP contribution in [0.25, 0.3) is 0 Å². The Kier molecular flexibility index (Phi) is 3.63. The molecule has 0 fully saturated rings. The fourth-order valence-corrected chi connectivity index (χ4v) is 0.728. The van der Waals surface area contributed by atoms with Crippen molar-refractivity contribution >= 4 is 5.82 Å². The molecule has 0 radical (unpaired) electrons. The lowest BCUT2D eigenvalue weighted by molar-refractivity contribution is 0.00380.